The zero-order valence-corrected chi connectivity index (χ0v) is 29.5. The standard InChI is InChI=1S/C39H54FN5O2/c1-26-41-32-13-8-9-14-33(32)45(26)31-24-29-15-16-30(25-31)44(29)22-19-39(27-11-10-12-28(40)23-27)17-20-43(21-18-39)35(46)34(37(2,3)4)42-36(47)38(5,6)7/h8-14,23,29-31,34H,15-22,24-25H2,1-7H3,(H,42,47)/t29-,30+,31?,34-/m1/s1. The van der Waals surface area contributed by atoms with Gasteiger partial charge in [0.25, 0.3) is 0 Å². The lowest BCUT2D eigenvalue weighted by Crippen LogP contribution is -2.58. The van der Waals surface area contributed by atoms with Crippen molar-refractivity contribution in [1.29, 1.82) is 0 Å². The molecule has 47 heavy (non-hydrogen) atoms. The number of carbonyl (C=O) groups is 2. The van der Waals surface area contributed by atoms with Crippen LogP contribution in [0.4, 0.5) is 4.39 Å². The fraction of sp³-hybridized carbons (Fsp3) is 0.615. The SMILES string of the molecule is Cc1nc2ccccc2n1C1C[C@H]2CC[C@@H](C1)N2CCC1(c2cccc(F)c2)CCN(C(=O)[C@@H](NC(=O)C(C)(C)C)C(C)(C)C)CC1. The van der Waals surface area contributed by atoms with Crippen molar-refractivity contribution in [3.05, 3.63) is 65.7 Å². The van der Waals surface area contributed by atoms with Crippen LogP contribution >= 0.6 is 0 Å². The molecule has 4 atom stereocenters. The summed E-state index contributed by atoms with van der Waals surface area (Å²) in [5.41, 5.74) is 2.13. The van der Waals surface area contributed by atoms with Crippen LogP contribution in [-0.4, -0.2) is 68.9 Å². The molecule has 2 bridgehead atoms. The predicted molar refractivity (Wildman–Crippen MR) is 186 cm³/mol. The van der Waals surface area contributed by atoms with Crippen LogP contribution in [0, 0.1) is 23.6 Å². The van der Waals surface area contributed by atoms with E-state index in [1.807, 2.05) is 52.5 Å². The molecule has 2 aromatic carbocycles. The zero-order valence-electron chi connectivity index (χ0n) is 29.5. The van der Waals surface area contributed by atoms with Gasteiger partial charge < -0.3 is 14.8 Å². The number of halogens is 1. The fourth-order valence-electron chi connectivity index (χ4n) is 8.63. The molecule has 2 amide bonds. The number of piperidine rings is 2. The second-order valence-corrected chi connectivity index (χ2v) is 16.7. The van der Waals surface area contributed by atoms with E-state index in [0.29, 0.717) is 31.2 Å². The molecule has 7 nitrogen and oxygen atoms in total. The lowest BCUT2D eigenvalue weighted by Gasteiger charge is -2.46. The van der Waals surface area contributed by atoms with Gasteiger partial charge in [0, 0.05) is 36.6 Å². The number of aromatic nitrogens is 2. The third-order valence-corrected chi connectivity index (χ3v) is 11.4. The third-order valence-electron chi connectivity index (χ3n) is 11.4. The van der Waals surface area contributed by atoms with E-state index in [9.17, 15) is 14.0 Å². The Hall–Kier alpha value is -3.26. The van der Waals surface area contributed by atoms with Crippen molar-refractivity contribution in [1.82, 2.24) is 24.7 Å². The van der Waals surface area contributed by atoms with Gasteiger partial charge in [-0.1, -0.05) is 65.8 Å². The van der Waals surface area contributed by atoms with E-state index in [0.717, 1.165) is 55.6 Å². The van der Waals surface area contributed by atoms with Gasteiger partial charge in [-0.15, -0.1) is 0 Å². The van der Waals surface area contributed by atoms with Gasteiger partial charge in [-0.25, -0.2) is 9.37 Å². The summed E-state index contributed by atoms with van der Waals surface area (Å²) >= 11 is 0. The van der Waals surface area contributed by atoms with E-state index in [1.165, 1.54) is 24.4 Å². The van der Waals surface area contributed by atoms with Crippen molar-refractivity contribution in [3.8, 4) is 0 Å². The van der Waals surface area contributed by atoms with Gasteiger partial charge >= 0.3 is 0 Å². The smallest absolute Gasteiger partial charge is 0.245 e. The van der Waals surface area contributed by atoms with Gasteiger partial charge in [-0.05, 0) is 99.1 Å². The van der Waals surface area contributed by atoms with Gasteiger partial charge in [0.2, 0.25) is 11.8 Å². The molecule has 0 radical (unpaired) electrons. The number of nitrogens with zero attached hydrogens (tertiary/aromatic N) is 4. The number of fused-ring (bicyclic) bond motifs is 3. The first-order valence-corrected chi connectivity index (χ1v) is 17.7. The number of hydrogen-bond acceptors (Lipinski definition) is 4. The molecule has 0 spiro atoms. The minimum Gasteiger partial charge on any atom is -0.343 e. The molecule has 3 aromatic rings. The Morgan fingerprint density at radius 2 is 1.62 bits per heavy atom. The number of nitrogens with one attached hydrogen (secondary N) is 1. The number of benzene rings is 2. The second kappa shape index (κ2) is 12.6. The van der Waals surface area contributed by atoms with Crippen LogP contribution < -0.4 is 5.32 Å². The highest BCUT2D eigenvalue weighted by molar-refractivity contribution is 5.90. The van der Waals surface area contributed by atoms with E-state index >= 15 is 0 Å². The second-order valence-electron chi connectivity index (χ2n) is 16.7. The molecular weight excluding hydrogens is 589 g/mol. The minimum absolute atomic E-state index is 0.0228. The number of carbonyl (C=O) groups excluding carboxylic acids is 2. The third kappa shape index (κ3) is 6.72. The van der Waals surface area contributed by atoms with Crippen molar-refractivity contribution in [3.63, 3.8) is 0 Å². The van der Waals surface area contributed by atoms with Gasteiger partial charge in [0.1, 0.15) is 17.7 Å². The first-order valence-electron chi connectivity index (χ1n) is 17.7. The minimum atomic E-state index is -0.607. The maximum absolute atomic E-state index is 14.7. The molecule has 3 fully saturated rings. The summed E-state index contributed by atoms with van der Waals surface area (Å²) in [6.07, 6.45) is 7.18. The molecular formula is C39H54FN5O2. The average molecular weight is 644 g/mol. The topological polar surface area (TPSA) is 70.5 Å². The molecule has 0 aliphatic carbocycles. The van der Waals surface area contributed by atoms with Gasteiger partial charge in [0.05, 0.1) is 11.0 Å². The normalized spacial score (nSPS) is 24.0. The summed E-state index contributed by atoms with van der Waals surface area (Å²) in [6.45, 7) is 15.9. The Bertz CT molecular complexity index is 1600. The van der Waals surface area contributed by atoms with Crippen LogP contribution in [0.3, 0.4) is 0 Å². The van der Waals surface area contributed by atoms with E-state index in [1.54, 1.807) is 6.07 Å². The van der Waals surface area contributed by atoms with Gasteiger partial charge in [-0.2, -0.15) is 0 Å². The number of likely N-dealkylation sites (tertiary alicyclic amines) is 1. The molecule has 1 aromatic heterocycles. The number of hydrogen-bond donors (Lipinski definition) is 1. The highest BCUT2D eigenvalue weighted by Crippen LogP contribution is 2.45. The Balaban J connectivity index is 1.17. The summed E-state index contributed by atoms with van der Waals surface area (Å²) in [5, 5.41) is 3.07. The summed E-state index contributed by atoms with van der Waals surface area (Å²) in [7, 11) is 0. The molecule has 6 rings (SSSR count). The highest BCUT2D eigenvalue weighted by atomic mass is 19.1. The van der Waals surface area contributed by atoms with Crippen LogP contribution in [0.2, 0.25) is 0 Å². The maximum Gasteiger partial charge on any atom is 0.245 e. The average Bonchev–Trinajstić information content (AvgIpc) is 3.47. The van der Waals surface area contributed by atoms with Crippen LogP contribution in [0.15, 0.2) is 48.5 Å². The summed E-state index contributed by atoms with van der Waals surface area (Å²) in [4.78, 5) is 36.5. The zero-order chi connectivity index (χ0) is 33.7. The molecule has 3 aliphatic heterocycles. The van der Waals surface area contributed by atoms with E-state index in [4.69, 9.17) is 4.98 Å². The predicted octanol–water partition coefficient (Wildman–Crippen LogP) is 7.18. The van der Waals surface area contributed by atoms with E-state index in [2.05, 4.69) is 52.0 Å². The van der Waals surface area contributed by atoms with Gasteiger partial charge in [0.15, 0.2) is 0 Å². The van der Waals surface area contributed by atoms with Crippen molar-refractivity contribution in [2.45, 2.75) is 123 Å². The van der Waals surface area contributed by atoms with E-state index < -0.39 is 16.9 Å². The van der Waals surface area contributed by atoms with Crippen LogP contribution in [0.5, 0.6) is 0 Å². The Labute approximate surface area is 280 Å². The Morgan fingerprint density at radius 1 is 0.957 bits per heavy atom. The molecule has 8 heteroatoms. The monoisotopic (exact) mass is 643 g/mol. The summed E-state index contributed by atoms with van der Waals surface area (Å²) in [6, 6.07) is 16.5. The first kappa shape index (κ1) is 33.6. The maximum atomic E-state index is 14.7. The van der Waals surface area contributed by atoms with Crippen molar-refractivity contribution < 1.29 is 14.0 Å². The lowest BCUT2D eigenvalue weighted by atomic mass is 9.70. The molecule has 0 saturated carbocycles. The quantitative estimate of drug-likeness (QED) is 0.296. The fourth-order valence-corrected chi connectivity index (χ4v) is 8.63. The number of imidazole rings is 1. The molecule has 1 unspecified atom stereocenters. The molecule has 1 N–H and O–H groups in total. The summed E-state index contributed by atoms with van der Waals surface area (Å²) < 4.78 is 17.2. The Morgan fingerprint density at radius 3 is 2.23 bits per heavy atom. The Kier molecular flexibility index (Phi) is 9.05. The van der Waals surface area contributed by atoms with Crippen molar-refractivity contribution >= 4 is 22.8 Å². The van der Waals surface area contributed by atoms with Crippen LogP contribution in [0.25, 0.3) is 11.0 Å². The molecule has 3 aliphatic rings. The molecule has 3 saturated heterocycles. The lowest BCUT2D eigenvalue weighted by molar-refractivity contribution is -0.142. The summed E-state index contributed by atoms with van der Waals surface area (Å²) in [5.74, 6) is 0.751. The van der Waals surface area contributed by atoms with Crippen LogP contribution in [-0.2, 0) is 15.0 Å². The number of aryl methyl sites for hydroxylation is 1. The number of amides is 2. The van der Waals surface area contributed by atoms with Crippen molar-refractivity contribution in [2.75, 3.05) is 19.6 Å². The number of rotatable bonds is 7. The van der Waals surface area contributed by atoms with Gasteiger partial charge in [-0.3, -0.25) is 14.5 Å². The largest absolute Gasteiger partial charge is 0.343 e. The molecule has 4 heterocycles. The van der Waals surface area contributed by atoms with Crippen molar-refractivity contribution in [2.24, 2.45) is 10.8 Å². The molecule has 254 valence electrons. The van der Waals surface area contributed by atoms with E-state index in [-0.39, 0.29) is 23.0 Å². The highest BCUT2D eigenvalue weighted by Gasteiger charge is 2.45. The number of para-hydroxylation sites is 2. The first-order chi connectivity index (χ1) is 22.2. The van der Waals surface area contributed by atoms with Crippen LogP contribution in [0.1, 0.15) is 104 Å².